The molecule has 0 aromatic heterocycles. The molecule has 1 aromatic rings. The van der Waals surface area contributed by atoms with Crippen molar-refractivity contribution in [3.05, 3.63) is 23.8 Å². The summed E-state index contributed by atoms with van der Waals surface area (Å²) in [6, 6.07) is 5.82. The van der Waals surface area contributed by atoms with Gasteiger partial charge in [-0.15, -0.1) is 11.8 Å². The number of nitrogens with one attached hydrogen (secondary N) is 2. The summed E-state index contributed by atoms with van der Waals surface area (Å²) in [7, 11) is -3.12. The quantitative estimate of drug-likeness (QED) is 0.379. The number of nitrogens with two attached hydrogens (primary N) is 1. The molecule has 112 valence electrons. The lowest BCUT2D eigenvalue weighted by molar-refractivity contribution is 0.586. The maximum absolute atomic E-state index is 10.9. The Morgan fingerprint density at radius 2 is 2.10 bits per heavy atom. The number of benzene rings is 1. The molecule has 1 aromatic carbocycles. The molecule has 0 atom stereocenters. The Morgan fingerprint density at radius 1 is 1.40 bits per heavy atom. The van der Waals surface area contributed by atoms with Crippen LogP contribution in [0.3, 0.4) is 0 Å². The predicted molar refractivity (Wildman–Crippen MR) is 90.1 cm³/mol. The largest absolute Gasteiger partial charge is 0.389 e. The van der Waals surface area contributed by atoms with Gasteiger partial charge in [0.25, 0.3) is 0 Å². The van der Waals surface area contributed by atoms with Gasteiger partial charge in [-0.2, -0.15) is 0 Å². The van der Waals surface area contributed by atoms with Crippen molar-refractivity contribution in [2.24, 2.45) is 5.73 Å². The van der Waals surface area contributed by atoms with Crippen molar-refractivity contribution in [2.75, 3.05) is 30.9 Å². The number of hydrogen-bond acceptors (Lipinski definition) is 5. The minimum atomic E-state index is -3.12. The van der Waals surface area contributed by atoms with Crippen LogP contribution in [0.5, 0.6) is 0 Å². The second-order valence-corrected chi connectivity index (χ2v) is 7.31. The summed E-state index contributed by atoms with van der Waals surface area (Å²) in [4.78, 5) is 1.38. The molecule has 0 aliphatic carbocycles. The molecule has 0 spiro atoms. The highest BCUT2D eigenvalue weighted by Gasteiger charge is 2.10. The van der Waals surface area contributed by atoms with E-state index >= 15 is 0 Å². The molecule has 0 saturated carbocycles. The molecular weight excluding hydrogens is 314 g/mol. The van der Waals surface area contributed by atoms with Crippen molar-refractivity contribution < 1.29 is 8.42 Å². The summed E-state index contributed by atoms with van der Waals surface area (Å²) in [6.07, 6.45) is 3.79. The monoisotopic (exact) mass is 333 g/mol. The third-order valence-corrected chi connectivity index (χ3v) is 4.24. The summed E-state index contributed by atoms with van der Waals surface area (Å²) in [5, 5.41) is 3.24. The van der Waals surface area contributed by atoms with Gasteiger partial charge in [0.1, 0.15) is 4.99 Å². The van der Waals surface area contributed by atoms with Crippen LogP contribution in [0.2, 0.25) is 0 Å². The lowest BCUT2D eigenvalue weighted by atomic mass is 10.1. The van der Waals surface area contributed by atoms with E-state index in [0.29, 0.717) is 24.5 Å². The van der Waals surface area contributed by atoms with Gasteiger partial charge in [-0.3, -0.25) is 0 Å². The first kappa shape index (κ1) is 17.2. The number of hydrogen-bond donors (Lipinski definition) is 3. The highest BCUT2D eigenvalue weighted by Crippen LogP contribution is 2.26. The zero-order valence-corrected chi connectivity index (χ0v) is 13.9. The van der Waals surface area contributed by atoms with E-state index in [9.17, 15) is 8.42 Å². The molecule has 4 N–H and O–H groups in total. The molecule has 0 radical (unpaired) electrons. The van der Waals surface area contributed by atoms with Crippen molar-refractivity contribution in [1.29, 1.82) is 0 Å². The van der Waals surface area contributed by atoms with Crippen LogP contribution >= 0.6 is 24.0 Å². The lowest BCUT2D eigenvalue weighted by Crippen LogP contribution is -2.24. The molecular formula is C12H19N3O2S3. The van der Waals surface area contributed by atoms with E-state index in [1.54, 1.807) is 11.8 Å². The van der Waals surface area contributed by atoms with Gasteiger partial charge in [0, 0.05) is 29.2 Å². The van der Waals surface area contributed by atoms with Crippen molar-refractivity contribution in [3.63, 3.8) is 0 Å². The molecule has 8 heteroatoms. The first-order chi connectivity index (χ1) is 9.35. The van der Waals surface area contributed by atoms with Gasteiger partial charge >= 0.3 is 0 Å². The van der Waals surface area contributed by atoms with Crippen molar-refractivity contribution >= 4 is 44.7 Å². The fraction of sp³-hybridized carbons (Fsp3) is 0.417. The molecule has 20 heavy (non-hydrogen) atoms. The summed E-state index contributed by atoms with van der Waals surface area (Å²) in [5.41, 5.74) is 7.48. The number of anilines is 1. The molecule has 0 amide bonds. The van der Waals surface area contributed by atoms with Crippen LogP contribution in [0, 0.1) is 0 Å². The summed E-state index contributed by atoms with van der Waals surface area (Å²) in [6.45, 7) is 1.03. The van der Waals surface area contributed by atoms with Gasteiger partial charge in [0.2, 0.25) is 10.0 Å². The SMILES string of the molecule is CSc1cccc(NCCCNS(C)(=O)=O)c1C(N)=S. The number of rotatable bonds is 8. The highest BCUT2D eigenvalue weighted by molar-refractivity contribution is 7.98. The third kappa shape index (κ3) is 5.66. The van der Waals surface area contributed by atoms with Crippen molar-refractivity contribution in [3.8, 4) is 0 Å². The maximum Gasteiger partial charge on any atom is 0.208 e. The van der Waals surface area contributed by atoms with Crippen molar-refractivity contribution in [2.45, 2.75) is 11.3 Å². The normalized spacial score (nSPS) is 11.3. The number of sulfonamides is 1. The van der Waals surface area contributed by atoms with Crippen molar-refractivity contribution in [1.82, 2.24) is 4.72 Å². The molecule has 0 fully saturated rings. The second-order valence-electron chi connectivity index (χ2n) is 4.19. The van der Waals surface area contributed by atoms with E-state index in [-0.39, 0.29) is 0 Å². The first-order valence-electron chi connectivity index (χ1n) is 6.00. The third-order valence-electron chi connectivity index (χ3n) is 2.53. The van der Waals surface area contributed by atoms with Crippen LogP contribution in [-0.4, -0.2) is 39.0 Å². The Labute approximate surface area is 129 Å². The average Bonchev–Trinajstić information content (AvgIpc) is 2.36. The smallest absolute Gasteiger partial charge is 0.208 e. The van der Waals surface area contributed by atoms with Crippen LogP contribution in [0.15, 0.2) is 23.1 Å². The van der Waals surface area contributed by atoms with E-state index < -0.39 is 10.0 Å². The van der Waals surface area contributed by atoms with Gasteiger partial charge in [-0.25, -0.2) is 13.1 Å². The van der Waals surface area contributed by atoms with Gasteiger partial charge in [-0.1, -0.05) is 18.3 Å². The Hall–Kier alpha value is -0.830. The number of thiocarbonyl (C=S) groups is 1. The molecule has 0 heterocycles. The summed E-state index contributed by atoms with van der Waals surface area (Å²) in [5.74, 6) is 0. The van der Waals surface area contributed by atoms with Crippen LogP contribution in [0.1, 0.15) is 12.0 Å². The molecule has 5 nitrogen and oxygen atoms in total. The molecule has 0 saturated heterocycles. The maximum atomic E-state index is 10.9. The Kier molecular flexibility index (Phi) is 6.74. The zero-order valence-electron chi connectivity index (χ0n) is 11.5. The fourth-order valence-corrected chi connectivity index (χ4v) is 3.11. The van der Waals surface area contributed by atoms with E-state index in [0.717, 1.165) is 22.4 Å². The van der Waals surface area contributed by atoms with E-state index in [2.05, 4.69) is 10.0 Å². The van der Waals surface area contributed by atoms with Gasteiger partial charge in [-0.05, 0) is 24.8 Å². The zero-order chi connectivity index (χ0) is 15.2. The number of thioether (sulfide) groups is 1. The van der Waals surface area contributed by atoms with Crippen LogP contribution in [0.25, 0.3) is 0 Å². The van der Waals surface area contributed by atoms with Gasteiger partial charge in [0.05, 0.1) is 6.26 Å². The summed E-state index contributed by atoms with van der Waals surface area (Å²) < 4.78 is 24.3. The Balaban J connectivity index is 2.62. The van der Waals surface area contributed by atoms with Gasteiger partial charge in [0.15, 0.2) is 0 Å². The predicted octanol–water partition coefficient (Wildman–Crippen LogP) is 1.39. The Bertz CT molecular complexity index is 573. The van der Waals surface area contributed by atoms with E-state index in [1.165, 1.54) is 0 Å². The molecule has 0 unspecified atom stereocenters. The molecule has 0 aliphatic heterocycles. The van der Waals surface area contributed by atoms with Crippen LogP contribution in [-0.2, 0) is 10.0 Å². The van der Waals surface area contributed by atoms with E-state index in [1.807, 2.05) is 24.5 Å². The molecule has 1 rings (SSSR count). The van der Waals surface area contributed by atoms with Crippen LogP contribution < -0.4 is 15.8 Å². The standard InChI is InChI=1S/C12H19N3O2S3/c1-19-10-6-3-5-9(11(10)12(13)18)14-7-4-8-15-20(2,16)17/h3,5-6,14-15H,4,7-8H2,1-2H3,(H2,13,18). The first-order valence-corrected chi connectivity index (χ1v) is 9.53. The molecule has 0 aliphatic rings. The highest BCUT2D eigenvalue weighted by atomic mass is 32.2. The minimum absolute atomic E-state index is 0.353. The van der Waals surface area contributed by atoms with Crippen LogP contribution in [0.4, 0.5) is 5.69 Å². The van der Waals surface area contributed by atoms with Gasteiger partial charge < -0.3 is 11.1 Å². The Morgan fingerprint density at radius 3 is 2.65 bits per heavy atom. The lowest BCUT2D eigenvalue weighted by Gasteiger charge is -2.14. The van der Waals surface area contributed by atoms with E-state index in [4.69, 9.17) is 18.0 Å². The summed E-state index contributed by atoms with van der Waals surface area (Å²) >= 11 is 6.67. The average molecular weight is 334 g/mol. The second kappa shape index (κ2) is 7.82. The molecule has 0 bridgehead atoms. The minimum Gasteiger partial charge on any atom is -0.389 e. The fourth-order valence-electron chi connectivity index (χ4n) is 1.67. The topological polar surface area (TPSA) is 84.2 Å².